The van der Waals surface area contributed by atoms with Gasteiger partial charge in [0.2, 0.25) is 0 Å². The van der Waals surface area contributed by atoms with E-state index in [-0.39, 0.29) is 5.41 Å². The van der Waals surface area contributed by atoms with Gasteiger partial charge in [0.25, 0.3) is 0 Å². The molecule has 0 saturated carbocycles. The van der Waals surface area contributed by atoms with Crippen LogP contribution in [-0.2, 0) is 5.41 Å². The quantitative estimate of drug-likeness (QED) is 0.167. The lowest BCUT2D eigenvalue weighted by Gasteiger charge is -2.28. The van der Waals surface area contributed by atoms with Crippen LogP contribution in [0.1, 0.15) is 25.0 Å². The van der Waals surface area contributed by atoms with Crippen molar-refractivity contribution in [2.75, 3.05) is 4.90 Å². The monoisotopic (exact) mass is 818 g/mol. The van der Waals surface area contributed by atoms with E-state index in [2.05, 4.69) is 242 Å². The minimum Gasteiger partial charge on any atom is -0.455 e. The molecule has 13 rings (SSSR count). The molecule has 0 unspecified atom stereocenters. The van der Waals surface area contributed by atoms with Gasteiger partial charge in [-0.25, -0.2) is 0 Å². The van der Waals surface area contributed by atoms with Crippen LogP contribution in [0.5, 0.6) is 0 Å². The highest BCUT2D eigenvalue weighted by molar-refractivity contribution is 6.27. The van der Waals surface area contributed by atoms with Gasteiger partial charge in [0.05, 0.1) is 16.4 Å². The standard InChI is InChI=1S/C61H42N2O/c1-61(2)54-21-11-8-18-48(54)49-35-34-47(37-55(49)61)62(44-29-24-41(25-30-44)39-14-4-3-5-15-39)45-31-27-42(28-32-45)52-38-53-50-19-10-13-23-57(50)64-60(53)58-51-20-9-12-22-56(51)63(59(52)58)46-33-26-40-16-6-7-17-43(40)36-46/h3-38H,1-2H3. The van der Waals surface area contributed by atoms with Crippen LogP contribution >= 0.6 is 0 Å². The van der Waals surface area contributed by atoms with Crippen LogP contribution in [0.2, 0.25) is 0 Å². The molecule has 0 atom stereocenters. The number of hydrogen-bond donors (Lipinski definition) is 0. The molecule has 0 saturated heterocycles. The van der Waals surface area contributed by atoms with Gasteiger partial charge >= 0.3 is 0 Å². The predicted octanol–water partition coefficient (Wildman–Crippen LogP) is 16.9. The molecular formula is C61H42N2O. The van der Waals surface area contributed by atoms with Crippen molar-refractivity contribution in [2.45, 2.75) is 19.3 Å². The summed E-state index contributed by atoms with van der Waals surface area (Å²) in [6.45, 7) is 4.71. The fourth-order valence-corrected chi connectivity index (χ4v) is 10.6. The van der Waals surface area contributed by atoms with Crippen LogP contribution in [0, 0.1) is 0 Å². The molecule has 3 heteroatoms. The van der Waals surface area contributed by atoms with Crippen LogP contribution in [0.3, 0.4) is 0 Å². The topological polar surface area (TPSA) is 21.3 Å². The Morgan fingerprint density at radius 2 is 1.05 bits per heavy atom. The van der Waals surface area contributed by atoms with Crippen molar-refractivity contribution in [3.05, 3.63) is 230 Å². The highest BCUT2D eigenvalue weighted by atomic mass is 16.3. The zero-order chi connectivity index (χ0) is 42.5. The molecule has 0 bridgehead atoms. The summed E-state index contributed by atoms with van der Waals surface area (Å²) in [4.78, 5) is 2.41. The summed E-state index contributed by atoms with van der Waals surface area (Å²) in [5.41, 5.74) is 18.4. The Balaban J connectivity index is 1.02. The summed E-state index contributed by atoms with van der Waals surface area (Å²) < 4.78 is 9.26. The Morgan fingerprint density at radius 3 is 1.86 bits per heavy atom. The molecule has 1 aliphatic rings. The van der Waals surface area contributed by atoms with Crippen molar-refractivity contribution >= 4 is 71.6 Å². The van der Waals surface area contributed by atoms with E-state index >= 15 is 0 Å². The highest BCUT2D eigenvalue weighted by Crippen LogP contribution is 2.51. The second-order valence-corrected chi connectivity index (χ2v) is 17.7. The molecule has 12 aromatic rings. The molecule has 2 heterocycles. The third kappa shape index (κ3) is 5.47. The summed E-state index contributed by atoms with van der Waals surface area (Å²) in [7, 11) is 0. The van der Waals surface area contributed by atoms with Gasteiger partial charge in [-0.15, -0.1) is 0 Å². The van der Waals surface area contributed by atoms with Crippen LogP contribution in [0.25, 0.3) is 93.6 Å². The molecule has 302 valence electrons. The van der Waals surface area contributed by atoms with E-state index in [0.717, 1.165) is 72.2 Å². The van der Waals surface area contributed by atoms with Crippen LogP contribution in [0.4, 0.5) is 17.1 Å². The Morgan fingerprint density at radius 1 is 0.422 bits per heavy atom. The van der Waals surface area contributed by atoms with Gasteiger partial charge in [-0.05, 0) is 116 Å². The summed E-state index contributed by atoms with van der Waals surface area (Å²) in [6, 6.07) is 79.7. The molecule has 10 aromatic carbocycles. The van der Waals surface area contributed by atoms with E-state index in [9.17, 15) is 0 Å². The number of furan rings is 1. The zero-order valence-electron chi connectivity index (χ0n) is 35.6. The normalized spacial score (nSPS) is 13.0. The van der Waals surface area contributed by atoms with Gasteiger partial charge in [-0.3, -0.25) is 0 Å². The van der Waals surface area contributed by atoms with Crippen LogP contribution in [-0.4, -0.2) is 4.57 Å². The van der Waals surface area contributed by atoms with Gasteiger partial charge in [0, 0.05) is 49.9 Å². The lowest BCUT2D eigenvalue weighted by Crippen LogP contribution is -2.16. The smallest absolute Gasteiger partial charge is 0.145 e. The Bertz CT molecular complexity index is 3800. The molecule has 64 heavy (non-hydrogen) atoms. The van der Waals surface area contributed by atoms with Gasteiger partial charge in [0.1, 0.15) is 11.2 Å². The minimum atomic E-state index is -0.126. The van der Waals surface area contributed by atoms with E-state index in [1.165, 1.54) is 49.5 Å². The average molecular weight is 819 g/mol. The van der Waals surface area contributed by atoms with E-state index in [1.807, 2.05) is 0 Å². The summed E-state index contributed by atoms with van der Waals surface area (Å²) in [5.74, 6) is 0. The summed E-state index contributed by atoms with van der Waals surface area (Å²) in [5, 5.41) is 6.95. The largest absolute Gasteiger partial charge is 0.455 e. The lowest BCUT2D eigenvalue weighted by molar-refractivity contribution is 0.660. The number of fused-ring (bicyclic) bond motifs is 11. The first-order valence-electron chi connectivity index (χ1n) is 22.2. The summed E-state index contributed by atoms with van der Waals surface area (Å²) >= 11 is 0. The number of hydrogen-bond acceptors (Lipinski definition) is 2. The Hall–Kier alpha value is -8.14. The maximum absolute atomic E-state index is 6.82. The second kappa shape index (κ2) is 13.9. The SMILES string of the molecule is CC1(C)c2ccccc2-c2ccc(N(c3ccc(-c4ccccc4)cc3)c3ccc(-c4cc5c6ccccc6oc5c5c6ccccc6n(-c6ccc7ccccc7c6)c45)cc3)cc21. The lowest BCUT2D eigenvalue weighted by atomic mass is 9.82. The molecule has 0 aliphatic heterocycles. The van der Waals surface area contributed by atoms with Crippen molar-refractivity contribution < 1.29 is 4.42 Å². The van der Waals surface area contributed by atoms with E-state index in [1.54, 1.807) is 0 Å². The van der Waals surface area contributed by atoms with Crippen LogP contribution in [0.15, 0.2) is 223 Å². The van der Waals surface area contributed by atoms with E-state index in [4.69, 9.17) is 4.42 Å². The van der Waals surface area contributed by atoms with Crippen molar-refractivity contribution in [3.63, 3.8) is 0 Å². The van der Waals surface area contributed by atoms with Crippen molar-refractivity contribution in [2.24, 2.45) is 0 Å². The van der Waals surface area contributed by atoms with Gasteiger partial charge < -0.3 is 13.9 Å². The maximum atomic E-state index is 6.82. The fraction of sp³-hybridized carbons (Fsp3) is 0.0492. The molecular weight excluding hydrogens is 777 g/mol. The van der Waals surface area contributed by atoms with E-state index in [0.29, 0.717) is 0 Å². The number of benzene rings is 10. The van der Waals surface area contributed by atoms with Gasteiger partial charge in [-0.2, -0.15) is 0 Å². The molecule has 2 aromatic heterocycles. The maximum Gasteiger partial charge on any atom is 0.145 e. The molecule has 1 aliphatic carbocycles. The molecule has 0 fully saturated rings. The zero-order valence-corrected chi connectivity index (χ0v) is 35.6. The third-order valence-corrected chi connectivity index (χ3v) is 13.8. The summed E-state index contributed by atoms with van der Waals surface area (Å²) in [6.07, 6.45) is 0. The first-order valence-corrected chi connectivity index (χ1v) is 22.2. The highest BCUT2D eigenvalue weighted by Gasteiger charge is 2.36. The third-order valence-electron chi connectivity index (χ3n) is 13.8. The van der Waals surface area contributed by atoms with Crippen molar-refractivity contribution in [1.29, 1.82) is 0 Å². The molecule has 0 radical (unpaired) electrons. The molecule has 3 nitrogen and oxygen atoms in total. The fourth-order valence-electron chi connectivity index (χ4n) is 10.6. The number of anilines is 3. The molecule has 0 N–H and O–H groups in total. The van der Waals surface area contributed by atoms with Gasteiger partial charge in [0.15, 0.2) is 0 Å². The first kappa shape index (κ1) is 36.5. The predicted molar refractivity (Wildman–Crippen MR) is 269 cm³/mol. The number of aromatic nitrogens is 1. The van der Waals surface area contributed by atoms with Crippen LogP contribution < -0.4 is 4.90 Å². The Kier molecular flexibility index (Phi) is 7.95. The second-order valence-electron chi connectivity index (χ2n) is 17.7. The first-order chi connectivity index (χ1) is 31.5. The average Bonchev–Trinajstić information content (AvgIpc) is 3.97. The number of para-hydroxylation sites is 2. The van der Waals surface area contributed by atoms with Gasteiger partial charge in [-0.1, -0.05) is 166 Å². The molecule has 0 amide bonds. The van der Waals surface area contributed by atoms with Crippen molar-refractivity contribution in [3.8, 4) is 39.1 Å². The minimum absolute atomic E-state index is 0.126. The Labute approximate surface area is 371 Å². The van der Waals surface area contributed by atoms with Crippen molar-refractivity contribution in [1.82, 2.24) is 4.57 Å². The number of rotatable bonds is 6. The number of nitrogens with zero attached hydrogens (tertiary/aromatic N) is 2. The van der Waals surface area contributed by atoms with E-state index < -0.39 is 0 Å². The molecule has 0 spiro atoms.